The van der Waals surface area contributed by atoms with Crippen LogP contribution < -0.4 is 9.61 Å². The Labute approximate surface area is 234 Å². The van der Waals surface area contributed by atoms with E-state index >= 15 is 0 Å². The summed E-state index contributed by atoms with van der Waals surface area (Å²) in [5.41, 5.74) is 4.83. The Bertz CT molecular complexity index is 1470. The Morgan fingerprint density at radius 3 is 2.40 bits per heavy atom. The summed E-state index contributed by atoms with van der Waals surface area (Å²) in [6, 6.07) is 10.6. The van der Waals surface area contributed by atoms with Gasteiger partial charge in [-0.1, -0.05) is 18.0 Å². The van der Waals surface area contributed by atoms with E-state index < -0.39 is 41.0 Å². The van der Waals surface area contributed by atoms with E-state index in [0.717, 1.165) is 24.8 Å². The third kappa shape index (κ3) is 7.33. The number of aliphatic hydroxyl groups excluding tert-OH is 1. The van der Waals surface area contributed by atoms with E-state index in [1.54, 1.807) is 22.8 Å². The molecule has 4 rings (SSSR count). The molecule has 1 aromatic heterocycles. The smallest absolute Gasteiger partial charge is 0.390 e. The molecule has 0 unspecified atom stereocenters. The maximum atomic E-state index is 13.3. The summed E-state index contributed by atoms with van der Waals surface area (Å²) in [5.74, 6) is -1.57. The minimum absolute atomic E-state index is 0.00692. The van der Waals surface area contributed by atoms with E-state index in [1.165, 1.54) is 24.3 Å². The van der Waals surface area contributed by atoms with Gasteiger partial charge in [-0.05, 0) is 67.8 Å². The molecular weight excluding hydrogens is 573 g/mol. The van der Waals surface area contributed by atoms with Gasteiger partial charge in [-0.3, -0.25) is 14.8 Å². The van der Waals surface area contributed by atoms with Gasteiger partial charge in [0.15, 0.2) is 5.69 Å². The summed E-state index contributed by atoms with van der Waals surface area (Å²) < 4.78 is 67.8. The van der Waals surface area contributed by atoms with Gasteiger partial charge in [0.2, 0.25) is 0 Å². The number of halogens is 4. The van der Waals surface area contributed by atoms with Crippen molar-refractivity contribution in [3.63, 3.8) is 0 Å². The molecule has 1 aliphatic heterocycles. The van der Waals surface area contributed by atoms with Crippen molar-refractivity contribution in [2.24, 2.45) is 0 Å². The van der Waals surface area contributed by atoms with Crippen molar-refractivity contribution >= 4 is 27.6 Å². The van der Waals surface area contributed by atoms with Gasteiger partial charge < -0.3 is 9.29 Å². The van der Waals surface area contributed by atoms with Crippen LogP contribution in [0.15, 0.2) is 42.5 Å². The fourth-order valence-corrected chi connectivity index (χ4v) is 5.60. The number of nitrogens with zero attached hydrogens (tertiary/aromatic N) is 3. The number of hydrazine groups is 1. The van der Waals surface area contributed by atoms with Crippen LogP contribution in [0.3, 0.4) is 0 Å². The summed E-state index contributed by atoms with van der Waals surface area (Å²) in [6.45, 7) is 2.65. The maximum absolute atomic E-state index is 13.3. The van der Waals surface area contributed by atoms with E-state index in [2.05, 4.69) is 10.4 Å². The SMILES string of the molecule is Cc1cc(Cl)ccc1-c1nc(C(=O)NN2CCCCC2)c(CO)n1-c1ccc(OS(=O)(=O)CCC(F)(F)F)cc1. The predicted octanol–water partition coefficient (Wildman–Crippen LogP) is 4.79. The van der Waals surface area contributed by atoms with Crippen molar-refractivity contribution in [3.05, 3.63) is 64.4 Å². The molecule has 1 fully saturated rings. The zero-order valence-electron chi connectivity index (χ0n) is 21.5. The molecule has 2 aromatic carbocycles. The zero-order valence-corrected chi connectivity index (χ0v) is 23.1. The summed E-state index contributed by atoms with van der Waals surface area (Å²) in [7, 11) is -4.49. The molecule has 216 valence electrons. The van der Waals surface area contributed by atoms with Crippen molar-refractivity contribution in [1.29, 1.82) is 0 Å². The van der Waals surface area contributed by atoms with Gasteiger partial charge in [0, 0.05) is 29.4 Å². The summed E-state index contributed by atoms with van der Waals surface area (Å²) in [5, 5.41) is 12.7. The number of rotatable bonds is 9. The molecule has 2 N–H and O–H groups in total. The van der Waals surface area contributed by atoms with Crippen LogP contribution in [0.1, 0.15) is 47.4 Å². The molecule has 0 bridgehead atoms. The Hall–Kier alpha value is -3.13. The molecule has 1 saturated heterocycles. The first-order chi connectivity index (χ1) is 18.9. The third-order valence-electron chi connectivity index (χ3n) is 6.34. The maximum Gasteiger partial charge on any atom is 0.390 e. The van der Waals surface area contributed by atoms with Gasteiger partial charge in [0.1, 0.15) is 11.6 Å². The molecule has 40 heavy (non-hydrogen) atoms. The van der Waals surface area contributed by atoms with Crippen LogP contribution in [0.2, 0.25) is 5.02 Å². The first-order valence-electron chi connectivity index (χ1n) is 12.5. The molecule has 0 radical (unpaired) electrons. The lowest BCUT2D eigenvalue weighted by Gasteiger charge is -2.26. The van der Waals surface area contributed by atoms with Crippen LogP contribution >= 0.6 is 11.6 Å². The Kier molecular flexibility index (Phi) is 9.08. The number of aromatic nitrogens is 2. The number of benzene rings is 2. The number of aliphatic hydroxyl groups is 1. The van der Waals surface area contributed by atoms with Gasteiger partial charge in [-0.15, -0.1) is 0 Å². The Morgan fingerprint density at radius 2 is 1.80 bits per heavy atom. The minimum atomic E-state index is -4.64. The van der Waals surface area contributed by atoms with Gasteiger partial charge in [-0.25, -0.2) is 9.99 Å². The first kappa shape index (κ1) is 29.8. The molecule has 2 heterocycles. The van der Waals surface area contributed by atoms with Crippen LogP contribution in [0, 0.1) is 6.92 Å². The van der Waals surface area contributed by atoms with Crippen molar-refractivity contribution in [1.82, 2.24) is 20.0 Å². The lowest BCUT2D eigenvalue weighted by atomic mass is 10.1. The molecular formula is C26H28ClF3N4O5S. The summed E-state index contributed by atoms with van der Waals surface area (Å²) >= 11 is 6.14. The van der Waals surface area contributed by atoms with E-state index in [-0.39, 0.29) is 17.1 Å². The fourth-order valence-electron chi connectivity index (χ4n) is 4.40. The molecule has 0 atom stereocenters. The zero-order chi connectivity index (χ0) is 29.1. The average molecular weight is 601 g/mol. The van der Waals surface area contributed by atoms with Gasteiger partial charge in [-0.2, -0.15) is 21.6 Å². The second kappa shape index (κ2) is 12.2. The van der Waals surface area contributed by atoms with Crippen molar-refractivity contribution in [2.75, 3.05) is 18.8 Å². The van der Waals surface area contributed by atoms with Crippen molar-refractivity contribution in [2.45, 2.75) is 45.4 Å². The van der Waals surface area contributed by atoms with E-state index in [1.807, 2.05) is 11.9 Å². The Balaban J connectivity index is 1.72. The predicted molar refractivity (Wildman–Crippen MR) is 143 cm³/mol. The quantitative estimate of drug-likeness (QED) is 0.340. The standard InChI is InChI=1S/C26H28ClF3N4O5S/c1-17-15-18(27)5-10-21(17)24-31-23(25(36)32-33-12-3-2-4-13-33)22(16-35)34(24)19-6-8-20(9-7-19)39-40(37,38)14-11-26(28,29)30/h5-10,15,35H,2-4,11-14,16H2,1H3,(H,32,36). The third-order valence-corrected chi connectivity index (χ3v) is 7.72. The number of carbonyl (C=O) groups is 1. The van der Waals surface area contributed by atoms with Crippen molar-refractivity contribution in [3.8, 4) is 22.8 Å². The van der Waals surface area contributed by atoms with Crippen LogP contribution in [0.4, 0.5) is 13.2 Å². The van der Waals surface area contributed by atoms with E-state index in [9.17, 15) is 31.5 Å². The van der Waals surface area contributed by atoms with Crippen molar-refractivity contribution < 1.29 is 35.7 Å². The Morgan fingerprint density at radius 1 is 1.12 bits per heavy atom. The lowest BCUT2D eigenvalue weighted by molar-refractivity contribution is -0.130. The number of aryl methyl sites for hydroxylation is 1. The summed E-state index contributed by atoms with van der Waals surface area (Å²) in [6.07, 6.45) is -3.22. The molecule has 14 heteroatoms. The van der Waals surface area contributed by atoms with Gasteiger partial charge >= 0.3 is 16.3 Å². The first-order valence-corrected chi connectivity index (χ1v) is 14.5. The largest absolute Gasteiger partial charge is 0.390 e. The molecule has 0 saturated carbocycles. The van der Waals surface area contributed by atoms with E-state index in [4.69, 9.17) is 15.8 Å². The van der Waals surface area contributed by atoms with Crippen LogP contribution in [-0.2, 0) is 16.7 Å². The number of carbonyl (C=O) groups excluding carboxylic acids is 1. The molecule has 3 aromatic rings. The topological polar surface area (TPSA) is 114 Å². The highest BCUT2D eigenvalue weighted by Crippen LogP contribution is 2.32. The molecule has 1 amide bonds. The highest BCUT2D eigenvalue weighted by molar-refractivity contribution is 7.87. The number of imidazole rings is 1. The summed E-state index contributed by atoms with van der Waals surface area (Å²) in [4.78, 5) is 17.9. The van der Waals surface area contributed by atoms with Crippen LogP contribution in [0.5, 0.6) is 5.75 Å². The molecule has 0 spiro atoms. The highest BCUT2D eigenvalue weighted by Gasteiger charge is 2.31. The monoisotopic (exact) mass is 600 g/mol. The molecule has 0 aliphatic carbocycles. The molecule has 1 aliphatic rings. The van der Waals surface area contributed by atoms with Crippen LogP contribution in [0.25, 0.3) is 17.1 Å². The number of amides is 1. The normalized spacial score (nSPS) is 14.8. The second-order valence-electron chi connectivity index (χ2n) is 9.38. The number of nitrogens with one attached hydrogen (secondary N) is 1. The number of piperidine rings is 1. The average Bonchev–Trinajstić information content (AvgIpc) is 3.27. The number of hydrogen-bond acceptors (Lipinski definition) is 7. The minimum Gasteiger partial charge on any atom is -0.390 e. The van der Waals surface area contributed by atoms with Gasteiger partial charge in [0.25, 0.3) is 5.91 Å². The highest BCUT2D eigenvalue weighted by atomic mass is 35.5. The van der Waals surface area contributed by atoms with Gasteiger partial charge in [0.05, 0.1) is 24.5 Å². The van der Waals surface area contributed by atoms with E-state index in [0.29, 0.717) is 35.2 Å². The van der Waals surface area contributed by atoms with Crippen LogP contribution in [-0.4, -0.2) is 59.0 Å². The second-order valence-corrected chi connectivity index (χ2v) is 11.5. The lowest BCUT2D eigenvalue weighted by Crippen LogP contribution is -2.45. The molecule has 9 nitrogen and oxygen atoms in total. The number of alkyl halides is 3. The fraction of sp³-hybridized carbons (Fsp3) is 0.385. The number of hydrogen-bond donors (Lipinski definition) is 2.